The normalized spacial score (nSPS) is 10.1. The van der Waals surface area contributed by atoms with Crippen LogP contribution in [0.1, 0.15) is 5.56 Å². The van der Waals surface area contributed by atoms with Crippen LogP contribution in [0.3, 0.4) is 0 Å². The highest BCUT2D eigenvalue weighted by atomic mass is 14.8. The molecule has 0 saturated heterocycles. The fraction of sp³-hybridized carbons (Fsp3) is 0.0909. The van der Waals surface area contributed by atoms with E-state index < -0.39 is 0 Å². The number of nitrogens with two attached hydrogens (primary N) is 1. The number of aryl methyl sites for hydroxylation is 1. The standard InChI is InChI=1S/C11H11N3/c1-8-2-3-10(14-7-8)11-6-9(12)4-5-13-11/h2-7H,1H3,(H2,12,13). The molecule has 3 heteroatoms. The van der Waals surface area contributed by atoms with Gasteiger partial charge in [-0.15, -0.1) is 0 Å². The molecule has 0 radical (unpaired) electrons. The van der Waals surface area contributed by atoms with Gasteiger partial charge in [-0.05, 0) is 30.7 Å². The van der Waals surface area contributed by atoms with Crippen molar-refractivity contribution in [3.05, 3.63) is 42.2 Å². The van der Waals surface area contributed by atoms with Crippen LogP contribution in [0.2, 0.25) is 0 Å². The molecule has 2 heterocycles. The maximum Gasteiger partial charge on any atom is 0.0906 e. The predicted molar refractivity (Wildman–Crippen MR) is 56.6 cm³/mol. The summed E-state index contributed by atoms with van der Waals surface area (Å²) >= 11 is 0. The second-order valence-corrected chi connectivity index (χ2v) is 3.20. The predicted octanol–water partition coefficient (Wildman–Crippen LogP) is 2.03. The molecule has 0 aliphatic carbocycles. The summed E-state index contributed by atoms with van der Waals surface area (Å²) in [6, 6.07) is 7.53. The number of anilines is 1. The van der Waals surface area contributed by atoms with Crippen molar-refractivity contribution < 1.29 is 0 Å². The van der Waals surface area contributed by atoms with Crippen molar-refractivity contribution in [2.45, 2.75) is 6.92 Å². The molecule has 0 aliphatic rings. The van der Waals surface area contributed by atoms with E-state index in [1.165, 1.54) is 0 Å². The van der Waals surface area contributed by atoms with Gasteiger partial charge in [-0.2, -0.15) is 0 Å². The van der Waals surface area contributed by atoms with E-state index in [4.69, 9.17) is 5.73 Å². The lowest BCUT2D eigenvalue weighted by atomic mass is 10.2. The number of hydrogen-bond donors (Lipinski definition) is 1. The summed E-state index contributed by atoms with van der Waals surface area (Å²) in [5.74, 6) is 0. The lowest BCUT2D eigenvalue weighted by Gasteiger charge is -2.00. The van der Waals surface area contributed by atoms with E-state index in [-0.39, 0.29) is 0 Å². The number of pyridine rings is 2. The molecule has 2 aromatic heterocycles. The highest BCUT2D eigenvalue weighted by Crippen LogP contribution is 2.16. The summed E-state index contributed by atoms with van der Waals surface area (Å²) in [7, 11) is 0. The lowest BCUT2D eigenvalue weighted by Crippen LogP contribution is -1.90. The van der Waals surface area contributed by atoms with E-state index in [9.17, 15) is 0 Å². The van der Waals surface area contributed by atoms with Gasteiger partial charge < -0.3 is 5.73 Å². The van der Waals surface area contributed by atoms with Gasteiger partial charge in [0.25, 0.3) is 0 Å². The zero-order valence-corrected chi connectivity index (χ0v) is 7.94. The Bertz CT molecular complexity index is 435. The third-order valence-electron chi connectivity index (χ3n) is 1.96. The average Bonchev–Trinajstić information content (AvgIpc) is 2.19. The maximum absolute atomic E-state index is 5.66. The Hall–Kier alpha value is -1.90. The van der Waals surface area contributed by atoms with E-state index in [0.717, 1.165) is 17.0 Å². The van der Waals surface area contributed by atoms with Gasteiger partial charge in [-0.3, -0.25) is 9.97 Å². The highest BCUT2D eigenvalue weighted by molar-refractivity contribution is 5.58. The summed E-state index contributed by atoms with van der Waals surface area (Å²) in [6.45, 7) is 2.00. The van der Waals surface area contributed by atoms with E-state index in [1.807, 2.05) is 31.3 Å². The third kappa shape index (κ3) is 1.71. The molecule has 2 rings (SSSR count). The minimum absolute atomic E-state index is 0.706. The molecule has 0 unspecified atom stereocenters. The fourth-order valence-electron chi connectivity index (χ4n) is 1.21. The van der Waals surface area contributed by atoms with E-state index in [0.29, 0.717) is 5.69 Å². The zero-order valence-electron chi connectivity index (χ0n) is 7.94. The Balaban J connectivity index is 2.44. The number of nitrogens with zero attached hydrogens (tertiary/aromatic N) is 2. The number of rotatable bonds is 1. The van der Waals surface area contributed by atoms with Crippen molar-refractivity contribution in [2.24, 2.45) is 0 Å². The molecular weight excluding hydrogens is 174 g/mol. The SMILES string of the molecule is Cc1ccc(-c2cc(N)ccn2)nc1. The number of aromatic nitrogens is 2. The zero-order chi connectivity index (χ0) is 9.97. The van der Waals surface area contributed by atoms with Crippen LogP contribution < -0.4 is 5.73 Å². The van der Waals surface area contributed by atoms with Gasteiger partial charge in [-0.25, -0.2) is 0 Å². The van der Waals surface area contributed by atoms with Gasteiger partial charge in [0.1, 0.15) is 0 Å². The van der Waals surface area contributed by atoms with Crippen LogP contribution >= 0.6 is 0 Å². The van der Waals surface area contributed by atoms with E-state index in [2.05, 4.69) is 9.97 Å². The molecule has 0 saturated carbocycles. The van der Waals surface area contributed by atoms with Gasteiger partial charge >= 0.3 is 0 Å². The Labute approximate surface area is 82.6 Å². The summed E-state index contributed by atoms with van der Waals surface area (Å²) in [5, 5.41) is 0. The second kappa shape index (κ2) is 3.46. The van der Waals surface area contributed by atoms with Crippen molar-refractivity contribution in [3.8, 4) is 11.4 Å². The minimum atomic E-state index is 0.706. The summed E-state index contributed by atoms with van der Waals surface area (Å²) in [5.41, 5.74) is 9.16. The Morgan fingerprint density at radius 3 is 2.57 bits per heavy atom. The Morgan fingerprint density at radius 1 is 1.07 bits per heavy atom. The smallest absolute Gasteiger partial charge is 0.0906 e. The number of hydrogen-bond acceptors (Lipinski definition) is 3. The van der Waals surface area contributed by atoms with E-state index >= 15 is 0 Å². The van der Waals surface area contributed by atoms with Crippen LogP contribution in [0, 0.1) is 6.92 Å². The Morgan fingerprint density at radius 2 is 1.93 bits per heavy atom. The molecule has 3 nitrogen and oxygen atoms in total. The topological polar surface area (TPSA) is 51.8 Å². The monoisotopic (exact) mass is 185 g/mol. The summed E-state index contributed by atoms with van der Waals surface area (Å²) in [4.78, 5) is 8.47. The first-order valence-corrected chi connectivity index (χ1v) is 4.40. The molecule has 2 aromatic rings. The van der Waals surface area contributed by atoms with Crippen LogP contribution in [0.4, 0.5) is 5.69 Å². The molecule has 0 spiro atoms. The first kappa shape index (κ1) is 8.69. The Kier molecular flexibility index (Phi) is 2.14. The van der Waals surface area contributed by atoms with Gasteiger partial charge in [0.2, 0.25) is 0 Å². The van der Waals surface area contributed by atoms with Crippen LogP contribution in [-0.4, -0.2) is 9.97 Å². The molecule has 0 atom stereocenters. The van der Waals surface area contributed by atoms with Gasteiger partial charge in [0.05, 0.1) is 11.4 Å². The van der Waals surface area contributed by atoms with Crippen LogP contribution in [0.5, 0.6) is 0 Å². The van der Waals surface area contributed by atoms with Crippen molar-refractivity contribution >= 4 is 5.69 Å². The molecule has 70 valence electrons. The average molecular weight is 185 g/mol. The third-order valence-corrected chi connectivity index (χ3v) is 1.96. The first-order chi connectivity index (χ1) is 6.75. The highest BCUT2D eigenvalue weighted by Gasteiger charge is 1.99. The lowest BCUT2D eigenvalue weighted by molar-refractivity contribution is 1.22. The van der Waals surface area contributed by atoms with Gasteiger partial charge in [0.15, 0.2) is 0 Å². The van der Waals surface area contributed by atoms with Crippen molar-refractivity contribution in [1.82, 2.24) is 9.97 Å². The molecule has 0 bridgehead atoms. The van der Waals surface area contributed by atoms with Gasteiger partial charge in [-0.1, -0.05) is 6.07 Å². The number of nitrogen functional groups attached to an aromatic ring is 1. The largest absolute Gasteiger partial charge is 0.399 e. The van der Waals surface area contributed by atoms with Crippen LogP contribution in [0.15, 0.2) is 36.7 Å². The molecule has 0 fully saturated rings. The molecular formula is C11H11N3. The molecule has 0 aromatic carbocycles. The first-order valence-electron chi connectivity index (χ1n) is 4.40. The van der Waals surface area contributed by atoms with Crippen molar-refractivity contribution in [3.63, 3.8) is 0 Å². The van der Waals surface area contributed by atoms with Crippen molar-refractivity contribution in [1.29, 1.82) is 0 Å². The molecule has 0 aliphatic heterocycles. The summed E-state index contributed by atoms with van der Waals surface area (Å²) in [6.07, 6.45) is 3.51. The summed E-state index contributed by atoms with van der Waals surface area (Å²) < 4.78 is 0. The molecule has 2 N–H and O–H groups in total. The van der Waals surface area contributed by atoms with Crippen LogP contribution in [0.25, 0.3) is 11.4 Å². The van der Waals surface area contributed by atoms with E-state index in [1.54, 1.807) is 12.3 Å². The molecule has 14 heavy (non-hydrogen) atoms. The van der Waals surface area contributed by atoms with Crippen LogP contribution in [-0.2, 0) is 0 Å². The minimum Gasteiger partial charge on any atom is -0.399 e. The second-order valence-electron chi connectivity index (χ2n) is 3.20. The molecule has 0 amide bonds. The quantitative estimate of drug-likeness (QED) is 0.739. The maximum atomic E-state index is 5.66. The van der Waals surface area contributed by atoms with Crippen molar-refractivity contribution in [2.75, 3.05) is 5.73 Å². The van der Waals surface area contributed by atoms with Gasteiger partial charge in [0, 0.05) is 18.1 Å². The fourth-order valence-corrected chi connectivity index (χ4v) is 1.21.